The maximum Gasteiger partial charge on any atom is 0.302 e. The fourth-order valence-electron chi connectivity index (χ4n) is 6.77. The van der Waals surface area contributed by atoms with Crippen molar-refractivity contribution >= 4 is 5.97 Å². The molecule has 6 atom stereocenters. The summed E-state index contributed by atoms with van der Waals surface area (Å²) in [6.45, 7) is 15.5. The van der Waals surface area contributed by atoms with E-state index in [1.807, 2.05) is 6.08 Å². The highest BCUT2D eigenvalue weighted by atomic mass is 16.5. The largest absolute Gasteiger partial charge is 0.465 e. The van der Waals surface area contributed by atoms with Gasteiger partial charge in [0, 0.05) is 12.3 Å². The van der Waals surface area contributed by atoms with Crippen molar-refractivity contribution in [3.05, 3.63) is 12.7 Å². The van der Waals surface area contributed by atoms with Crippen LogP contribution in [0.1, 0.15) is 79.6 Å². The Labute approximate surface area is 153 Å². The fourth-order valence-corrected chi connectivity index (χ4v) is 6.77. The molecule has 2 saturated carbocycles. The summed E-state index contributed by atoms with van der Waals surface area (Å²) >= 11 is 0. The number of fused-ring (bicyclic) bond motifs is 3. The zero-order valence-corrected chi connectivity index (χ0v) is 16.8. The topological polar surface area (TPSA) is 35.5 Å². The molecule has 0 radical (unpaired) electrons. The lowest BCUT2D eigenvalue weighted by Gasteiger charge is -2.65. The molecule has 0 spiro atoms. The monoisotopic (exact) mass is 348 g/mol. The van der Waals surface area contributed by atoms with Gasteiger partial charge in [-0.3, -0.25) is 4.79 Å². The van der Waals surface area contributed by atoms with E-state index < -0.39 is 0 Å². The summed E-state index contributed by atoms with van der Waals surface area (Å²) in [6.07, 6.45) is 10.2. The third-order valence-corrected chi connectivity index (χ3v) is 8.00. The Morgan fingerprint density at radius 2 is 1.80 bits per heavy atom. The zero-order valence-electron chi connectivity index (χ0n) is 16.8. The minimum Gasteiger partial charge on any atom is -0.465 e. The lowest BCUT2D eigenvalue weighted by atomic mass is 9.44. The Morgan fingerprint density at radius 3 is 2.44 bits per heavy atom. The van der Waals surface area contributed by atoms with Gasteiger partial charge in [-0.2, -0.15) is 0 Å². The fraction of sp³-hybridized carbons (Fsp3) is 0.864. The van der Waals surface area contributed by atoms with Crippen molar-refractivity contribution in [1.82, 2.24) is 0 Å². The Hall–Kier alpha value is -0.830. The summed E-state index contributed by atoms with van der Waals surface area (Å²) in [5.74, 6) is 1.02. The third-order valence-electron chi connectivity index (χ3n) is 8.00. The lowest BCUT2D eigenvalue weighted by Crippen LogP contribution is -2.63. The second kappa shape index (κ2) is 6.11. The molecule has 0 aromatic heterocycles. The van der Waals surface area contributed by atoms with Crippen molar-refractivity contribution in [3.8, 4) is 0 Å². The van der Waals surface area contributed by atoms with Gasteiger partial charge in [0.15, 0.2) is 0 Å². The molecule has 0 unspecified atom stereocenters. The van der Waals surface area contributed by atoms with E-state index in [0.29, 0.717) is 18.4 Å². The summed E-state index contributed by atoms with van der Waals surface area (Å²) < 4.78 is 12.2. The van der Waals surface area contributed by atoms with E-state index in [0.717, 1.165) is 25.7 Å². The average molecular weight is 349 g/mol. The molecule has 0 amide bonds. The first kappa shape index (κ1) is 18.9. The Kier molecular flexibility index (Phi) is 4.63. The van der Waals surface area contributed by atoms with Gasteiger partial charge in [-0.1, -0.05) is 26.3 Å². The normalized spacial score (nSPS) is 49.6. The molecule has 3 heteroatoms. The summed E-state index contributed by atoms with van der Waals surface area (Å²) in [5, 5.41) is 0. The van der Waals surface area contributed by atoms with Crippen LogP contribution >= 0.6 is 0 Å². The van der Waals surface area contributed by atoms with E-state index in [9.17, 15) is 4.79 Å². The van der Waals surface area contributed by atoms with Gasteiger partial charge in [0.2, 0.25) is 0 Å². The van der Waals surface area contributed by atoms with Gasteiger partial charge in [0.25, 0.3) is 0 Å². The molecule has 0 N–H and O–H groups in total. The van der Waals surface area contributed by atoms with E-state index in [-0.39, 0.29) is 28.0 Å². The standard InChI is InChI=1S/C22H36O3/c1-7-20(4)13-9-18-21(5)12-8-11-19(3,15-24-16(2)23)17(21)10-14-22(18,6)25-20/h7,17-18H,1,8-15H2,2-6H3/t17-,18+,19+,20-,21-,22+/m0/s1. The SMILES string of the molecule is C=C[C@@]1(C)CC[C@@H]2[C@@]3(C)CCC[C@](C)(COC(C)=O)[C@@H]3CC[C@@]2(C)O1. The van der Waals surface area contributed by atoms with Crippen LogP contribution in [0.3, 0.4) is 0 Å². The average Bonchev–Trinajstić information content (AvgIpc) is 2.52. The highest BCUT2D eigenvalue weighted by Crippen LogP contribution is 2.65. The first-order chi connectivity index (χ1) is 11.6. The van der Waals surface area contributed by atoms with Crippen LogP contribution in [0, 0.1) is 22.7 Å². The number of ether oxygens (including phenoxy) is 2. The smallest absolute Gasteiger partial charge is 0.302 e. The van der Waals surface area contributed by atoms with Gasteiger partial charge in [-0.25, -0.2) is 0 Å². The number of hydrogen-bond acceptors (Lipinski definition) is 3. The van der Waals surface area contributed by atoms with E-state index in [1.54, 1.807) is 0 Å². The van der Waals surface area contributed by atoms with E-state index in [4.69, 9.17) is 9.47 Å². The summed E-state index contributed by atoms with van der Waals surface area (Å²) in [6, 6.07) is 0. The van der Waals surface area contributed by atoms with Crippen LogP contribution in [0.4, 0.5) is 0 Å². The van der Waals surface area contributed by atoms with Crippen LogP contribution in [-0.2, 0) is 14.3 Å². The van der Waals surface area contributed by atoms with Crippen LogP contribution in [0.15, 0.2) is 12.7 Å². The van der Waals surface area contributed by atoms with Crippen LogP contribution in [-0.4, -0.2) is 23.8 Å². The maximum atomic E-state index is 11.4. The van der Waals surface area contributed by atoms with Crippen LogP contribution in [0.25, 0.3) is 0 Å². The molecule has 0 aromatic rings. The van der Waals surface area contributed by atoms with Gasteiger partial charge in [-0.15, -0.1) is 6.58 Å². The maximum absolute atomic E-state index is 11.4. The van der Waals surface area contributed by atoms with Gasteiger partial charge in [0.05, 0.1) is 17.8 Å². The molecule has 1 saturated heterocycles. The molecule has 142 valence electrons. The predicted octanol–water partition coefficient (Wildman–Crippen LogP) is 5.29. The Balaban J connectivity index is 1.88. The van der Waals surface area contributed by atoms with Crippen LogP contribution in [0.5, 0.6) is 0 Å². The number of carbonyl (C=O) groups excluding carboxylic acids is 1. The molecule has 25 heavy (non-hydrogen) atoms. The molecule has 3 rings (SSSR count). The molecule has 1 aliphatic heterocycles. The molecule has 3 aliphatic rings. The summed E-state index contributed by atoms with van der Waals surface area (Å²) in [4.78, 5) is 11.4. The third kappa shape index (κ3) is 3.07. The molecule has 0 bridgehead atoms. The van der Waals surface area contributed by atoms with Crippen molar-refractivity contribution < 1.29 is 14.3 Å². The van der Waals surface area contributed by atoms with Crippen molar-refractivity contribution in [1.29, 1.82) is 0 Å². The van der Waals surface area contributed by atoms with Crippen LogP contribution < -0.4 is 0 Å². The summed E-state index contributed by atoms with van der Waals surface area (Å²) in [7, 11) is 0. The number of carbonyl (C=O) groups is 1. The molecule has 3 nitrogen and oxygen atoms in total. The minimum absolute atomic E-state index is 0.0634. The number of esters is 1. The highest BCUT2D eigenvalue weighted by Gasteiger charge is 2.62. The minimum atomic E-state index is -0.190. The molecular formula is C22H36O3. The van der Waals surface area contributed by atoms with Crippen LogP contribution in [0.2, 0.25) is 0 Å². The van der Waals surface area contributed by atoms with Crippen molar-refractivity contribution in [3.63, 3.8) is 0 Å². The van der Waals surface area contributed by atoms with E-state index in [2.05, 4.69) is 34.3 Å². The number of rotatable bonds is 3. The van der Waals surface area contributed by atoms with Crippen molar-refractivity contribution in [2.24, 2.45) is 22.7 Å². The van der Waals surface area contributed by atoms with E-state index in [1.165, 1.54) is 26.2 Å². The first-order valence-corrected chi connectivity index (χ1v) is 10.0. The Morgan fingerprint density at radius 1 is 1.12 bits per heavy atom. The number of hydrogen-bond donors (Lipinski definition) is 0. The van der Waals surface area contributed by atoms with Gasteiger partial charge in [0.1, 0.15) is 0 Å². The second-order valence-electron chi connectivity index (χ2n) is 9.91. The first-order valence-electron chi connectivity index (χ1n) is 10.0. The van der Waals surface area contributed by atoms with E-state index >= 15 is 0 Å². The molecule has 2 aliphatic carbocycles. The zero-order chi connectivity index (χ0) is 18.5. The van der Waals surface area contributed by atoms with Crippen molar-refractivity contribution in [2.75, 3.05) is 6.61 Å². The predicted molar refractivity (Wildman–Crippen MR) is 100 cm³/mol. The second-order valence-corrected chi connectivity index (χ2v) is 9.91. The van der Waals surface area contributed by atoms with Crippen molar-refractivity contribution in [2.45, 2.75) is 90.8 Å². The molecule has 3 fully saturated rings. The molecule has 1 heterocycles. The Bertz CT molecular complexity index is 557. The molecular weight excluding hydrogens is 312 g/mol. The quantitative estimate of drug-likeness (QED) is 0.514. The van der Waals surface area contributed by atoms with Gasteiger partial charge >= 0.3 is 5.97 Å². The summed E-state index contributed by atoms with van der Waals surface area (Å²) in [5.41, 5.74) is 0.109. The van der Waals surface area contributed by atoms with Gasteiger partial charge < -0.3 is 9.47 Å². The highest BCUT2D eigenvalue weighted by molar-refractivity contribution is 5.65. The van der Waals surface area contributed by atoms with Gasteiger partial charge in [-0.05, 0) is 69.6 Å². The lowest BCUT2D eigenvalue weighted by molar-refractivity contribution is -0.256. The molecule has 0 aromatic carbocycles.